The largest absolute Gasteiger partial charge is 0.504 e. The Kier molecular flexibility index (Phi) is 10.2. The van der Waals surface area contributed by atoms with Gasteiger partial charge in [-0.25, -0.2) is 4.79 Å². The number of carbonyl (C=O) groups is 1. The van der Waals surface area contributed by atoms with Crippen molar-refractivity contribution >= 4 is 22.6 Å². The molecule has 32 heavy (non-hydrogen) atoms. The van der Waals surface area contributed by atoms with E-state index >= 15 is 0 Å². The van der Waals surface area contributed by atoms with Gasteiger partial charge in [-0.3, -0.25) is 14.6 Å². The van der Waals surface area contributed by atoms with Gasteiger partial charge in [-0.2, -0.15) is 0 Å². The molecule has 1 heterocycles. The van der Waals surface area contributed by atoms with Crippen LogP contribution in [0.2, 0.25) is 0 Å². The van der Waals surface area contributed by atoms with E-state index in [1.165, 1.54) is 6.92 Å². The third-order valence-corrected chi connectivity index (χ3v) is 5.42. The SMILES string of the molecule is CCCN(CCC)Cc1cc(CN(CCC)CCC)c2cc(NC(C)=O)c(=O)oc2c1O. The van der Waals surface area contributed by atoms with E-state index in [-0.39, 0.29) is 22.9 Å². The van der Waals surface area contributed by atoms with Crippen molar-refractivity contribution in [1.82, 2.24) is 9.80 Å². The molecule has 1 amide bonds. The molecule has 0 aliphatic heterocycles. The van der Waals surface area contributed by atoms with Gasteiger partial charge in [0.05, 0.1) is 0 Å². The van der Waals surface area contributed by atoms with Crippen molar-refractivity contribution in [3.8, 4) is 5.75 Å². The first-order chi connectivity index (χ1) is 15.3. The fraction of sp³-hybridized carbons (Fsp3) is 0.600. The highest BCUT2D eigenvalue weighted by Crippen LogP contribution is 2.34. The molecule has 0 spiro atoms. The van der Waals surface area contributed by atoms with Gasteiger partial charge >= 0.3 is 5.63 Å². The van der Waals surface area contributed by atoms with E-state index in [2.05, 4.69) is 42.8 Å². The van der Waals surface area contributed by atoms with E-state index in [0.717, 1.165) is 63.0 Å². The standard InChI is InChI=1S/C25H39N3O4/c1-6-10-27(11-7-2)16-19-14-20(17-28(12-8-3)13-9-4)23(30)24-21(19)15-22(25(31)32-24)26-18(5)29/h14-15,30H,6-13,16-17H2,1-5H3,(H,26,29). The molecule has 0 saturated carbocycles. The number of phenolic OH excluding ortho intramolecular Hbond substituents is 1. The molecule has 1 aromatic carbocycles. The van der Waals surface area contributed by atoms with Gasteiger partial charge in [0.1, 0.15) is 5.69 Å². The van der Waals surface area contributed by atoms with Gasteiger partial charge in [0.15, 0.2) is 11.3 Å². The highest BCUT2D eigenvalue weighted by molar-refractivity contribution is 5.93. The number of nitrogens with zero attached hydrogens (tertiary/aromatic N) is 2. The first-order valence-electron chi connectivity index (χ1n) is 11.9. The number of anilines is 1. The zero-order chi connectivity index (χ0) is 23.7. The second-order valence-corrected chi connectivity index (χ2v) is 8.47. The number of nitrogens with one attached hydrogen (secondary N) is 1. The molecule has 2 aromatic rings. The van der Waals surface area contributed by atoms with Gasteiger partial charge in [-0.1, -0.05) is 27.7 Å². The maximum atomic E-state index is 12.5. The number of hydrogen-bond acceptors (Lipinski definition) is 6. The quantitative estimate of drug-likeness (QED) is 0.435. The molecule has 0 atom stereocenters. The predicted octanol–water partition coefficient (Wildman–Crippen LogP) is 4.70. The van der Waals surface area contributed by atoms with Crippen LogP contribution in [0.3, 0.4) is 0 Å². The van der Waals surface area contributed by atoms with Crippen LogP contribution >= 0.6 is 0 Å². The van der Waals surface area contributed by atoms with Crippen molar-refractivity contribution in [3.05, 3.63) is 33.7 Å². The van der Waals surface area contributed by atoms with Gasteiger partial charge in [0.25, 0.3) is 0 Å². The Morgan fingerprint density at radius 1 is 0.906 bits per heavy atom. The summed E-state index contributed by atoms with van der Waals surface area (Å²) in [6.45, 7) is 15.0. The molecule has 7 heteroatoms. The Bertz CT molecular complexity index is 942. The number of amides is 1. The van der Waals surface area contributed by atoms with Gasteiger partial charge in [-0.05, 0) is 69.6 Å². The number of fused-ring (bicyclic) bond motifs is 1. The molecule has 2 rings (SSSR count). The maximum Gasteiger partial charge on any atom is 0.360 e. The molecule has 0 fully saturated rings. The van der Waals surface area contributed by atoms with Gasteiger partial charge < -0.3 is 14.8 Å². The smallest absolute Gasteiger partial charge is 0.360 e. The minimum atomic E-state index is -0.663. The number of phenols is 1. The lowest BCUT2D eigenvalue weighted by atomic mass is 10.0. The van der Waals surface area contributed by atoms with Crippen LogP contribution in [0.15, 0.2) is 21.3 Å². The monoisotopic (exact) mass is 445 g/mol. The molecule has 7 nitrogen and oxygen atoms in total. The van der Waals surface area contributed by atoms with Crippen molar-refractivity contribution in [2.24, 2.45) is 0 Å². The average molecular weight is 446 g/mol. The van der Waals surface area contributed by atoms with E-state index < -0.39 is 5.63 Å². The van der Waals surface area contributed by atoms with E-state index in [4.69, 9.17) is 4.42 Å². The van der Waals surface area contributed by atoms with Crippen LogP contribution in [-0.2, 0) is 17.9 Å². The van der Waals surface area contributed by atoms with Crippen molar-refractivity contribution in [1.29, 1.82) is 0 Å². The number of hydrogen-bond donors (Lipinski definition) is 2. The molecule has 0 aliphatic carbocycles. The molecule has 2 N–H and O–H groups in total. The fourth-order valence-corrected chi connectivity index (χ4v) is 4.20. The first kappa shape index (κ1) is 25.9. The Morgan fingerprint density at radius 3 is 1.88 bits per heavy atom. The number of benzene rings is 1. The third kappa shape index (κ3) is 6.81. The summed E-state index contributed by atoms with van der Waals surface area (Å²) in [5, 5.41) is 14.2. The fourth-order valence-electron chi connectivity index (χ4n) is 4.20. The van der Waals surface area contributed by atoms with E-state index in [9.17, 15) is 14.7 Å². The van der Waals surface area contributed by atoms with Crippen molar-refractivity contribution < 1.29 is 14.3 Å². The van der Waals surface area contributed by atoms with Gasteiger partial charge in [0.2, 0.25) is 5.91 Å². The molecular formula is C25H39N3O4. The molecule has 178 valence electrons. The average Bonchev–Trinajstić information content (AvgIpc) is 2.73. The highest BCUT2D eigenvalue weighted by atomic mass is 16.4. The predicted molar refractivity (Wildman–Crippen MR) is 130 cm³/mol. The summed E-state index contributed by atoms with van der Waals surface area (Å²) in [6.07, 6.45) is 4.13. The number of rotatable bonds is 13. The summed E-state index contributed by atoms with van der Waals surface area (Å²) in [5.74, 6) is -0.336. The van der Waals surface area contributed by atoms with Crippen LogP contribution < -0.4 is 10.9 Å². The van der Waals surface area contributed by atoms with E-state index in [0.29, 0.717) is 18.5 Å². The highest BCUT2D eigenvalue weighted by Gasteiger charge is 2.20. The summed E-state index contributed by atoms with van der Waals surface area (Å²) in [5.41, 5.74) is 1.37. The summed E-state index contributed by atoms with van der Waals surface area (Å²) in [7, 11) is 0. The van der Waals surface area contributed by atoms with Crippen molar-refractivity contribution in [2.75, 3.05) is 31.5 Å². The Hall–Kier alpha value is -2.38. The third-order valence-electron chi connectivity index (χ3n) is 5.42. The van der Waals surface area contributed by atoms with Crippen LogP contribution in [0.5, 0.6) is 5.75 Å². The lowest BCUT2D eigenvalue weighted by Gasteiger charge is -2.25. The summed E-state index contributed by atoms with van der Waals surface area (Å²) >= 11 is 0. The zero-order valence-corrected chi connectivity index (χ0v) is 20.3. The molecule has 0 radical (unpaired) electrons. The van der Waals surface area contributed by atoms with Crippen LogP contribution in [0.25, 0.3) is 11.0 Å². The summed E-state index contributed by atoms with van der Waals surface area (Å²) in [4.78, 5) is 28.7. The van der Waals surface area contributed by atoms with Gasteiger partial charge in [0, 0.05) is 31.0 Å². The summed E-state index contributed by atoms with van der Waals surface area (Å²) < 4.78 is 5.55. The lowest BCUT2D eigenvalue weighted by Crippen LogP contribution is -2.26. The topological polar surface area (TPSA) is 86.0 Å². The van der Waals surface area contributed by atoms with Gasteiger partial charge in [-0.15, -0.1) is 0 Å². The molecule has 0 saturated heterocycles. The van der Waals surface area contributed by atoms with Crippen LogP contribution in [-0.4, -0.2) is 47.0 Å². The second kappa shape index (κ2) is 12.6. The number of carbonyl (C=O) groups excluding carboxylic acids is 1. The summed E-state index contributed by atoms with van der Waals surface area (Å²) in [6, 6.07) is 3.67. The molecule has 0 aliphatic rings. The lowest BCUT2D eigenvalue weighted by molar-refractivity contribution is -0.114. The first-order valence-corrected chi connectivity index (χ1v) is 11.9. The Morgan fingerprint density at radius 2 is 1.41 bits per heavy atom. The van der Waals surface area contributed by atoms with Crippen molar-refractivity contribution in [2.45, 2.75) is 73.4 Å². The molecule has 0 unspecified atom stereocenters. The maximum absolute atomic E-state index is 12.5. The van der Waals surface area contributed by atoms with Crippen LogP contribution in [0, 0.1) is 0 Å². The van der Waals surface area contributed by atoms with E-state index in [1.807, 2.05) is 6.07 Å². The van der Waals surface area contributed by atoms with E-state index in [1.54, 1.807) is 6.07 Å². The van der Waals surface area contributed by atoms with Crippen LogP contribution in [0.1, 0.15) is 71.4 Å². The Balaban J connectivity index is 2.63. The normalized spacial score (nSPS) is 11.6. The van der Waals surface area contributed by atoms with Crippen LogP contribution in [0.4, 0.5) is 5.69 Å². The molecular weight excluding hydrogens is 406 g/mol. The van der Waals surface area contributed by atoms with Crippen molar-refractivity contribution in [3.63, 3.8) is 0 Å². The molecule has 0 bridgehead atoms. The zero-order valence-electron chi connectivity index (χ0n) is 20.3. The minimum Gasteiger partial charge on any atom is -0.504 e. The number of aromatic hydroxyl groups is 1. The second-order valence-electron chi connectivity index (χ2n) is 8.47. The minimum absolute atomic E-state index is 0.00460. The molecule has 1 aromatic heterocycles. The Labute approximate surface area is 191 Å².